The minimum absolute atomic E-state index is 0.197. The molecule has 0 spiro atoms. The standard InChI is InChI=1S/C18H25NOS/c1-6-19-18(17-10-13(4)21-14(17)5)15-8-7-9-16(11-15)20-12(2)3/h7-12,18-19H,6H2,1-5H3. The first-order chi connectivity index (χ1) is 10.0. The Morgan fingerprint density at radius 3 is 2.52 bits per heavy atom. The fourth-order valence-electron chi connectivity index (χ4n) is 2.59. The predicted octanol–water partition coefficient (Wildman–Crippen LogP) is 4.85. The Hall–Kier alpha value is -1.32. The van der Waals surface area contributed by atoms with E-state index in [-0.39, 0.29) is 12.1 Å². The van der Waals surface area contributed by atoms with Crippen LogP contribution < -0.4 is 10.1 Å². The van der Waals surface area contributed by atoms with Gasteiger partial charge in [0.15, 0.2) is 0 Å². The Kier molecular flexibility index (Phi) is 5.43. The second kappa shape index (κ2) is 7.10. The number of benzene rings is 1. The first-order valence-corrected chi connectivity index (χ1v) is 8.39. The molecule has 114 valence electrons. The van der Waals surface area contributed by atoms with Crippen LogP contribution in [0.4, 0.5) is 0 Å². The van der Waals surface area contributed by atoms with Gasteiger partial charge in [-0.15, -0.1) is 11.3 Å². The maximum atomic E-state index is 5.83. The van der Waals surface area contributed by atoms with Crippen LogP contribution in [0, 0.1) is 13.8 Å². The van der Waals surface area contributed by atoms with Crippen molar-refractivity contribution >= 4 is 11.3 Å². The Labute approximate surface area is 132 Å². The highest BCUT2D eigenvalue weighted by Gasteiger charge is 2.17. The predicted molar refractivity (Wildman–Crippen MR) is 91.5 cm³/mol. The Morgan fingerprint density at radius 1 is 1.19 bits per heavy atom. The minimum atomic E-state index is 0.197. The van der Waals surface area contributed by atoms with E-state index < -0.39 is 0 Å². The van der Waals surface area contributed by atoms with E-state index in [1.165, 1.54) is 20.9 Å². The van der Waals surface area contributed by atoms with Crippen molar-refractivity contribution in [3.05, 3.63) is 51.2 Å². The van der Waals surface area contributed by atoms with Crippen LogP contribution in [0.2, 0.25) is 0 Å². The monoisotopic (exact) mass is 303 g/mol. The van der Waals surface area contributed by atoms with Gasteiger partial charge in [-0.1, -0.05) is 19.1 Å². The van der Waals surface area contributed by atoms with Gasteiger partial charge in [-0.2, -0.15) is 0 Å². The first-order valence-electron chi connectivity index (χ1n) is 7.58. The molecule has 3 heteroatoms. The second-order valence-electron chi connectivity index (χ2n) is 5.60. The third-order valence-corrected chi connectivity index (χ3v) is 4.34. The number of rotatable bonds is 6. The largest absolute Gasteiger partial charge is 0.491 e. The van der Waals surface area contributed by atoms with Gasteiger partial charge in [0.1, 0.15) is 5.75 Å². The van der Waals surface area contributed by atoms with E-state index in [9.17, 15) is 0 Å². The topological polar surface area (TPSA) is 21.3 Å². The number of ether oxygens (including phenoxy) is 1. The first kappa shape index (κ1) is 16.1. The van der Waals surface area contributed by atoms with Gasteiger partial charge in [-0.05, 0) is 63.6 Å². The van der Waals surface area contributed by atoms with Gasteiger partial charge in [-0.3, -0.25) is 0 Å². The average Bonchev–Trinajstić information content (AvgIpc) is 2.74. The van der Waals surface area contributed by atoms with Crippen LogP contribution in [0.15, 0.2) is 30.3 Å². The Bertz CT molecular complexity index is 589. The van der Waals surface area contributed by atoms with Crippen molar-refractivity contribution in [2.45, 2.75) is 46.8 Å². The van der Waals surface area contributed by atoms with Crippen molar-refractivity contribution < 1.29 is 4.74 Å². The number of aryl methyl sites for hydroxylation is 2. The summed E-state index contributed by atoms with van der Waals surface area (Å²) in [5.41, 5.74) is 2.64. The van der Waals surface area contributed by atoms with Crippen molar-refractivity contribution in [2.75, 3.05) is 6.54 Å². The van der Waals surface area contributed by atoms with Gasteiger partial charge in [0.2, 0.25) is 0 Å². The van der Waals surface area contributed by atoms with E-state index in [1.54, 1.807) is 0 Å². The van der Waals surface area contributed by atoms with Gasteiger partial charge in [0.05, 0.1) is 12.1 Å². The molecule has 1 aromatic carbocycles. The molecule has 0 aliphatic heterocycles. The summed E-state index contributed by atoms with van der Waals surface area (Å²) in [6.45, 7) is 11.6. The zero-order valence-electron chi connectivity index (χ0n) is 13.6. The van der Waals surface area contributed by atoms with Crippen molar-refractivity contribution in [3.8, 4) is 5.75 Å². The molecule has 2 rings (SSSR count). The van der Waals surface area contributed by atoms with E-state index in [4.69, 9.17) is 4.74 Å². The lowest BCUT2D eigenvalue weighted by molar-refractivity contribution is 0.242. The lowest BCUT2D eigenvalue weighted by Crippen LogP contribution is -2.22. The molecule has 1 heterocycles. The van der Waals surface area contributed by atoms with Gasteiger partial charge in [0, 0.05) is 9.75 Å². The van der Waals surface area contributed by atoms with E-state index in [0.717, 1.165) is 12.3 Å². The highest BCUT2D eigenvalue weighted by atomic mass is 32.1. The molecule has 0 saturated heterocycles. The van der Waals surface area contributed by atoms with Crippen molar-refractivity contribution in [2.24, 2.45) is 0 Å². The van der Waals surface area contributed by atoms with E-state index in [2.05, 4.69) is 64.2 Å². The molecule has 21 heavy (non-hydrogen) atoms. The maximum absolute atomic E-state index is 5.83. The average molecular weight is 303 g/mol. The molecule has 0 aliphatic carbocycles. The minimum Gasteiger partial charge on any atom is -0.491 e. The summed E-state index contributed by atoms with van der Waals surface area (Å²) >= 11 is 1.86. The van der Waals surface area contributed by atoms with Crippen LogP contribution in [-0.2, 0) is 0 Å². The molecule has 2 aromatic rings. The molecular weight excluding hydrogens is 278 g/mol. The van der Waals surface area contributed by atoms with Crippen LogP contribution >= 0.6 is 11.3 Å². The molecule has 0 fully saturated rings. The summed E-state index contributed by atoms with van der Waals surface area (Å²) in [5, 5.41) is 3.60. The molecule has 2 nitrogen and oxygen atoms in total. The molecule has 0 amide bonds. The van der Waals surface area contributed by atoms with Crippen LogP contribution in [0.5, 0.6) is 5.75 Å². The van der Waals surface area contributed by atoms with Crippen molar-refractivity contribution in [1.29, 1.82) is 0 Å². The maximum Gasteiger partial charge on any atom is 0.120 e. The van der Waals surface area contributed by atoms with E-state index >= 15 is 0 Å². The van der Waals surface area contributed by atoms with E-state index in [1.807, 2.05) is 17.4 Å². The summed E-state index contributed by atoms with van der Waals surface area (Å²) in [7, 11) is 0. The van der Waals surface area contributed by atoms with Crippen LogP contribution in [0.1, 0.15) is 47.7 Å². The van der Waals surface area contributed by atoms with Crippen LogP contribution in [-0.4, -0.2) is 12.6 Å². The third-order valence-electron chi connectivity index (χ3n) is 3.36. The fourth-order valence-corrected chi connectivity index (χ4v) is 3.55. The Balaban J connectivity index is 2.36. The van der Waals surface area contributed by atoms with Gasteiger partial charge < -0.3 is 10.1 Å². The molecule has 1 aromatic heterocycles. The summed E-state index contributed by atoms with van der Waals surface area (Å²) in [6, 6.07) is 11.0. The van der Waals surface area contributed by atoms with Gasteiger partial charge in [0.25, 0.3) is 0 Å². The van der Waals surface area contributed by atoms with Crippen LogP contribution in [0.3, 0.4) is 0 Å². The van der Waals surface area contributed by atoms with Crippen molar-refractivity contribution in [3.63, 3.8) is 0 Å². The van der Waals surface area contributed by atoms with Crippen LogP contribution in [0.25, 0.3) is 0 Å². The molecule has 0 bridgehead atoms. The summed E-state index contributed by atoms with van der Waals surface area (Å²) in [6.07, 6.45) is 0.197. The highest BCUT2D eigenvalue weighted by Crippen LogP contribution is 2.32. The smallest absolute Gasteiger partial charge is 0.120 e. The molecule has 1 unspecified atom stereocenters. The summed E-state index contributed by atoms with van der Waals surface area (Å²) < 4.78 is 5.83. The number of nitrogens with one attached hydrogen (secondary N) is 1. The zero-order chi connectivity index (χ0) is 15.4. The molecule has 0 radical (unpaired) electrons. The summed E-state index contributed by atoms with van der Waals surface area (Å²) in [5.74, 6) is 0.940. The molecule has 0 saturated carbocycles. The Morgan fingerprint density at radius 2 is 1.95 bits per heavy atom. The summed E-state index contributed by atoms with van der Waals surface area (Å²) in [4.78, 5) is 2.74. The zero-order valence-corrected chi connectivity index (χ0v) is 14.4. The second-order valence-corrected chi connectivity index (χ2v) is 7.06. The number of hydrogen-bond acceptors (Lipinski definition) is 3. The fraction of sp³-hybridized carbons (Fsp3) is 0.444. The molecular formula is C18H25NOS. The van der Waals surface area contributed by atoms with Gasteiger partial charge >= 0.3 is 0 Å². The molecule has 0 aliphatic rings. The third kappa shape index (κ3) is 4.08. The number of hydrogen-bond donors (Lipinski definition) is 1. The highest BCUT2D eigenvalue weighted by molar-refractivity contribution is 7.12. The number of thiophene rings is 1. The normalized spacial score (nSPS) is 12.7. The van der Waals surface area contributed by atoms with E-state index in [0.29, 0.717) is 0 Å². The van der Waals surface area contributed by atoms with Crippen molar-refractivity contribution in [1.82, 2.24) is 5.32 Å². The lowest BCUT2D eigenvalue weighted by atomic mass is 9.98. The molecule has 1 atom stereocenters. The SMILES string of the molecule is CCNC(c1cccc(OC(C)C)c1)c1cc(C)sc1C. The van der Waals surface area contributed by atoms with Gasteiger partial charge in [-0.25, -0.2) is 0 Å². The quantitative estimate of drug-likeness (QED) is 0.823. The molecule has 1 N–H and O–H groups in total. The lowest BCUT2D eigenvalue weighted by Gasteiger charge is -2.20.